The van der Waals surface area contributed by atoms with Crippen molar-refractivity contribution in [3.8, 4) is 0 Å². The summed E-state index contributed by atoms with van der Waals surface area (Å²) in [4.78, 5) is 13.9. The van der Waals surface area contributed by atoms with Crippen molar-refractivity contribution in [1.29, 1.82) is 0 Å². The Labute approximate surface area is 154 Å². The number of rotatable bonds is 3. The standard InChI is InChI=1S/C22H26N4/c1-14-6-4-8-18(15(14)2)16-9-10-20-19(12-16)22(23-3)26-21(25-20)17-7-5-11-24-13-17/h4-6,10-13,16-18H,7-9H2,1-3H3,(H,23,25,26). The van der Waals surface area contributed by atoms with Gasteiger partial charge in [0.25, 0.3) is 0 Å². The fourth-order valence-corrected chi connectivity index (χ4v) is 4.13. The molecule has 1 aliphatic heterocycles. The molecule has 4 rings (SSSR count). The average Bonchev–Trinajstić information content (AvgIpc) is 2.69. The molecule has 1 aromatic rings. The third-order valence-corrected chi connectivity index (χ3v) is 5.83. The van der Waals surface area contributed by atoms with E-state index >= 15 is 0 Å². The largest absolute Gasteiger partial charge is 0.373 e. The van der Waals surface area contributed by atoms with Crippen LogP contribution in [-0.2, 0) is 0 Å². The maximum absolute atomic E-state index is 4.87. The van der Waals surface area contributed by atoms with Gasteiger partial charge in [-0.25, -0.2) is 9.97 Å². The van der Waals surface area contributed by atoms with Crippen LogP contribution in [0, 0.1) is 11.8 Å². The molecule has 134 valence electrons. The molecule has 0 amide bonds. The van der Waals surface area contributed by atoms with Crippen molar-refractivity contribution in [1.82, 2.24) is 9.97 Å². The predicted octanol–water partition coefficient (Wildman–Crippen LogP) is 3.08. The van der Waals surface area contributed by atoms with Gasteiger partial charge in [0.2, 0.25) is 0 Å². The Morgan fingerprint density at radius 1 is 1.08 bits per heavy atom. The van der Waals surface area contributed by atoms with Gasteiger partial charge >= 0.3 is 0 Å². The summed E-state index contributed by atoms with van der Waals surface area (Å²) in [6, 6.07) is 0. The molecule has 0 bridgehead atoms. The maximum atomic E-state index is 4.87. The van der Waals surface area contributed by atoms with E-state index in [0.717, 1.165) is 41.5 Å². The number of aliphatic imine (C=N–C) groups is 1. The molecule has 26 heavy (non-hydrogen) atoms. The summed E-state index contributed by atoms with van der Waals surface area (Å²) >= 11 is 0. The van der Waals surface area contributed by atoms with E-state index in [1.54, 1.807) is 0 Å². The van der Waals surface area contributed by atoms with Crippen molar-refractivity contribution in [2.75, 3.05) is 12.4 Å². The van der Waals surface area contributed by atoms with Gasteiger partial charge in [0.15, 0.2) is 0 Å². The van der Waals surface area contributed by atoms with Crippen molar-refractivity contribution < 1.29 is 0 Å². The molecule has 0 saturated heterocycles. The van der Waals surface area contributed by atoms with Gasteiger partial charge in [-0.2, -0.15) is 0 Å². The first-order chi connectivity index (χ1) is 12.7. The summed E-state index contributed by atoms with van der Waals surface area (Å²) in [6.07, 6.45) is 18.2. The molecule has 3 unspecified atom stereocenters. The molecule has 0 radical (unpaired) electrons. The van der Waals surface area contributed by atoms with Crippen molar-refractivity contribution in [3.63, 3.8) is 0 Å². The molecule has 0 fully saturated rings. The highest BCUT2D eigenvalue weighted by Gasteiger charge is 2.25. The van der Waals surface area contributed by atoms with Crippen LogP contribution in [-0.4, -0.2) is 23.2 Å². The zero-order chi connectivity index (χ0) is 18.1. The van der Waals surface area contributed by atoms with Gasteiger partial charge in [-0.05, 0) is 44.9 Å². The maximum Gasteiger partial charge on any atom is 0.140 e. The number of hydrogen-bond donors (Lipinski definition) is 1. The number of hydrogen-bond acceptors (Lipinski definition) is 4. The molecule has 0 aromatic carbocycles. The number of allylic oxidation sites excluding steroid dienone is 5. The summed E-state index contributed by atoms with van der Waals surface area (Å²) in [6.45, 7) is 4.49. The second-order valence-electron chi connectivity index (χ2n) is 7.39. The van der Waals surface area contributed by atoms with E-state index in [0.29, 0.717) is 11.8 Å². The third-order valence-electron chi connectivity index (χ3n) is 5.83. The van der Waals surface area contributed by atoms with E-state index in [2.05, 4.69) is 54.5 Å². The quantitative estimate of drug-likeness (QED) is 0.915. The molecule has 2 aliphatic carbocycles. The molecular formula is C22H26N4. The Balaban J connectivity index is 1.73. The number of fused-ring (bicyclic) bond motifs is 1. The summed E-state index contributed by atoms with van der Waals surface area (Å²) < 4.78 is 0. The van der Waals surface area contributed by atoms with Crippen LogP contribution in [0.15, 0.2) is 40.6 Å². The van der Waals surface area contributed by atoms with Gasteiger partial charge in [-0.3, -0.25) is 4.99 Å². The Hall–Kier alpha value is -2.49. The van der Waals surface area contributed by atoms with Crippen LogP contribution >= 0.6 is 0 Å². The SMILES string of the molecule is CNc1nc(C2C=NC=CC2)nc2c1=CC(C1CC=CC(C)=C1C)CC=2. The van der Waals surface area contributed by atoms with Gasteiger partial charge in [0.05, 0.1) is 11.3 Å². The highest BCUT2D eigenvalue weighted by molar-refractivity contribution is 5.68. The molecule has 2 heterocycles. The summed E-state index contributed by atoms with van der Waals surface area (Å²) in [7, 11) is 1.94. The Kier molecular flexibility index (Phi) is 4.58. The van der Waals surface area contributed by atoms with Crippen LogP contribution in [0.3, 0.4) is 0 Å². The monoisotopic (exact) mass is 346 g/mol. The Bertz CT molecular complexity index is 949. The van der Waals surface area contributed by atoms with Crippen LogP contribution in [0.5, 0.6) is 0 Å². The van der Waals surface area contributed by atoms with Gasteiger partial charge < -0.3 is 5.32 Å². The topological polar surface area (TPSA) is 50.2 Å². The molecule has 4 heteroatoms. The summed E-state index contributed by atoms with van der Waals surface area (Å²) in [5.41, 5.74) is 2.92. The predicted molar refractivity (Wildman–Crippen MR) is 108 cm³/mol. The lowest BCUT2D eigenvalue weighted by atomic mass is 9.76. The van der Waals surface area contributed by atoms with E-state index in [4.69, 9.17) is 9.97 Å². The van der Waals surface area contributed by atoms with Crippen LogP contribution in [0.2, 0.25) is 0 Å². The molecule has 3 atom stereocenters. The number of anilines is 1. The third kappa shape index (κ3) is 3.05. The molecule has 0 saturated carbocycles. The number of aromatic nitrogens is 2. The normalized spacial score (nSPS) is 27.0. The highest BCUT2D eigenvalue weighted by atomic mass is 15.0. The van der Waals surface area contributed by atoms with Crippen molar-refractivity contribution in [3.05, 3.63) is 52.0 Å². The first kappa shape index (κ1) is 17.0. The van der Waals surface area contributed by atoms with E-state index < -0.39 is 0 Å². The first-order valence-electron chi connectivity index (χ1n) is 9.47. The molecule has 0 spiro atoms. The minimum atomic E-state index is 0.167. The van der Waals surface area contributed by atoms with Gasteiger partial charge in [-0.15, -0.1) is 0 Å². The van der Waals surface area contributed by atoms with Gasteiger partial charge in [0, 0.05) is 24.7 Å². The van der Waals surface area contributed by atoms with Gasteiger partial charge in [0.1, 0.15) is 11.6 Å². The average molecular weight is 346 g/mol. The van der Waals surface area contributed by atoms with Crippen LogP contribution in [0.25, 0.3) is 12.2 Å². The molecular weight excluding hydrogens is 320 g/mol. The minimum Gasteiger partial charge on any atom is -0.373 e. The van der Waals surface area contributed by atoms with E-state index in [1.807, 2.05) is 19.5 Å². The highest BCUT2D eigenvalue weighted by Crippen LogP contribution is 2.34. The van der Waals surface area contributed by atoms with Crippen LogP contribution < -0.4 is 15.9 Å². The Morgan fingerprint density at radius 2 is 1.96 bits per heavy atom. The molecule has 1 N–H and O–H groups in total. The fourth-order valence-electron chi connectivity index (χ4n) is 4.13. The summed E-state index contributed by atoms with van der Waals surface area (Å²) in [5, 5.41) is 5.49. The van der Waals surface area contributed by atoms with E-state index in [-0.39, 0.29) is 5.92 Å². The Morgan fingerprint density at radius 3 is 2.73 bits per heavy atom. The van der Waals surface area contributed by atoms with Crippen molar-refractivity contribution >= 4 is 24.2 Å². The lowest BCUT2D eigenvalue weighted by molar-refractivity contribution is 0.478. The lowest BCUT2D eigenvalue weighted by Gasteiger charge is -2.29. The van der Waals surface area contributed by atoms with E-state index in [9.17, 15) is 0 Å². The number of nitrogens with one attached hydrogen (secondary N) is 1. The van der Waals surface area contributed by atoms with Gasteiger partial charge in [-0.1, -0.05) is 41.5 Å². The number of nitrogens with zero attached hydrogens (tertiary/aromatic N) is 3. The molecule has 1 aromatic heterocycles. The molecule has 4 nitrogen and oxygen atoms in total. The van der Waals surface area contributed by atoms with Crippen LogP contribution in [0.4, 0.5) is 5.82 Å². The fraction of sp³-hybridized carbons (Fsp3) is 0.409. The second kappa shape index (κ2) is 7.02. The van der Waals surface area contributed by atoms with Crippen molar-refractivity contribution in [2.45, 2.75) is 39.0 Å². The molecule has 3 aliphatic rings. The lowest BCUT2D eigenvalue weighted by Crippen LogP contribution is -2.38. The second-order valence-corrected chi connectivity index (χ2v) is 7.39. The zero-order valence-electron chi connectivity index (χ0n) is 15.7. The first-order valence-corrected chi connectivity index (χ1v) is 9.47. The van der Waals surface area contributed by atoms with E-state index in [1.165, 1.54) is 11.1 Å². The minimum absolute atomic E-state index is 0.167. The summed E-state index contributed by atoms with van der Waals surface area (Å²) in [5.74, 6) is 3.03. The smallest absolute Gasteiger partial charge is 0.140 e. The van der Waals surface area contributed by atoms with Crippen molar-refractivity contribution in [2.24, 2.45) is 16.8 Å². The van der Waals surface area contributed by atoms with Crippen LogP contribution in [0.1, 0.15) is 44.9 Å². The zero-order valence-corrected chi connectivity index (χ0v) is 15.7.